The van der Waals surface area contributed by atoms with Crippen LogP contribution < -0.4 is 15.5 Å². The molecule has 34 heavy (non-hydrogen) atoms. The van der Waals surface area contributed by atoms with E-state index in [1.165, 1.54) is 0 Å². The molecule has 0 unspecified atom stereocenters. The Kier molecular flexibility index (Phi) is 9.17. The van der Waals surface area contributed by atoms with Gasteiger partial charge in [-0.1, -0.05) is 0 Å². The molecule has 2 aromatic rings. The predicted molar refractivity (Wildman–Crippen MR) is 132 cm³/mol. The van der Waals surface area contributed by atoms with Gasteiger partial charge in [0.05, 0.1) is 36.6 Å². The zero-order chi connectivity index (χ0) is 24.5. The van der Waals surface area contributed by atoms with Gasteiger partial charge >= 0.3 is 5.97 Å². The predicted octanol–water partition coefficient (Wildman–Crippen LogP) is 0.322. The molecule has 0 atom stereocenters. The van der Waals surface area contributed by atoms with Gasteiger partial charge in [0.1, 0.15) is 0 Å². The van der Waals surface area contributed by atoms with Gasteiger partial charge in [0, 0.05) is 64.8 Å². The average molecular weight is 470 g/mol. The van der Waals surface area contributed by atoms with Crippen LogP contribution in [0.15, 0.2) is 36.9 Å². The molecule has 1 amide bonds. The number of anilines is 2. The molecule has 0 aromatic carbocycles. The second kappa shape index (κ2) is 12.3. The fourth-order valence-electron chi connectivity index (χ4n) is 3.99. The number of carboxylic acid groups (broad SMARTS) is 1. The SMILES string of the molecule is CN1CCN(c2cncc(CC(=O)O)c2)CC1.CN1CCN(c2cncc(CC(N)=O)c2)CC1. The third-order valence-corrected chi connectivity index (χ3v) is 6.03. The first-order valence-corrected chi connectivity index (χ1v) is 11.5. The fraction of sp³-hybridized carbons (Fsp3) is 0.500. The Morgan fingerprint density at radius 1 is 0.765 bits per heavy atom. The van der Waals surface area contributed by atoms with E-state index in [2.05, 4.69) is 43.7 Å². The minimum atomic E-state index is -0.817. The van der Waals surface area contributed by atoms with Crippen LogP contribution in [0.4, 0.5) is 11.4 Å². The second-order valence-corrected chi connectivity index (χ2v) is 8.90. The standard InChI is InChI=1S/C12H18N4O.C12H17N3O2/c1-15-2-4-16(5-3-15)11-6-10(7-12(13)17)8-14-9-11;1-14-2-4-15(5-3-14)11-6-10(7-12(16)17)8-13-9-11/h6,8-9H,2-5,7H2,1H3,(H2,13,17);6,8-9H,2-5,7H2,1H3,(H,16,17). The van der Waals surface area contributed by atoms with Crippen LogP contribution in [0.3, 0.4) is 0 Å². The molecule has 184 valence electrons. The highest BCUT2D eigenvalue weighted by atomic mass is 16.4. The molecule has 4 heterocycles. The molecule has 0 bridgehead atoms. The number of hydrogen-bond acceptors (Lipinski definition) is 8. The van der Waals surface area contributed by atoms with Gasteiger partial charge in [-0.05, 0) is 37.4 Å². The topological polar surface area (TPSA) is 119 Å². The summed E-state index contributed by atoms with van der Waals surface area (Å²) in [4.78, 5) is 38.9. The van der Waals surface area contributed by atoms with Gasteiger partial charge in [-0.3, -0.25) is 19.6 Å². The molecule has 3 N–H and O–H groups in total. The van der Waals surface area contributed by atoms with Crippen molar-refractivity contribution in [2.75, 3.05) is 76.3 Å². The summed E-state index contributed by atoms with van der Waals surface area (Å²) in [6.45, 7) is 8.10. The Labute approximate surface area is 201 Å². The molecule has 10 heteroatoms. The van der Waals surface area contributed by atoms with E-state index in [0.717, 1.165) is 74.9 Å². The largest absolute Gasteiger partial charge is 0.481 e. The molecule has 4 rings (SSSR count). The van der Waals surface area contributed by atoms with Crippen LogP contribution in [-0.4, -0.2) is 103 Å². The number of piperazine rings is 2. The molecule has 2 fully saturated rings. The van der Waals surface area contributed by atoms with Crippen molar-refractivity contribution in [3.63, 3.8) is 0 Å². The molecule has 10 nitrogen and oxygen atoms in total. The lowest BCUT2D eigenvalue weighted by Crippen LogP contribution is -2.44. The maximum Gasteiger partial charge on any atom is 0.307 e. The van der Waals surface area contributed by atoms with Crippen LogP contribution >= 0.6 is 0 Å². The number of carbonyl (C=O) groups is 2. The fourth-order valence-corrected chi connectivity index (χ4v) is 3.99. The van der Waals surface area contributed by atoms with Crippen molar-refractivity contribution >= 4 is 23.3 Å². The lowest BCUT2D eigenvalue weighted by atomic mass is 10.2. The molecule has 0 radical (unpaired) electrons. The number of carbonyl (C=O) groups excluding carboxylic acids is 1. The van der Waals surface area contributed by atoms with Crippen molar-refractivity contribution in [1.82, 2.24) is 19.8 Å². The van der Waals surface area contributed by atoms with E-state index in [1.54, 1.807) is 18.6 Å². The summed E-state index contributed by atoms with van der Waals surface area (Å²) in [6, 6.07) is 3.93. The normalized spacial score (nSPS) is 17.1. The Balaban J connectivity index is 0.000000191. The van der Waals surface area contributed by atoms with Gasteiger partial charge < -0.3 is 30.4 Å². The van der Waals surface area contributed by atoms with Gasteiger partial charge in [-0.2, -0.15) is 0 Å². The number of rotatable bonds is 6. The van der Waals surface area contributed by atoms with Crippen LogP contribution in [0.25, 0.3) is 0 Å². The highest BCUT2D eigenvalue weighted by Crippen LogP contribution is 2.17. The number of pyridine rings is 2. The summed E-state index contributed by atoms with van der Waals surface area (Å²) in [5.74, 6) is -1.13. The lowest BCUT2D eigenvalue weighted by Gasteiger charge is -2.33. The van der Waals surface area contributed by atoms with Crippen molar-refractivity contribution in [3.8, 4) is 0 Å². The van der Waals surface area contributed by atoms with Gasteiger partial charge in [0.2, 0.25) is 5.91 Å². The highest BCUT2D eigenvalue weighted by Gasteiger charge is 2.16. The summed E-state index contributed by atoms with van der Waals surface area (Å²) >= 11 is 0. The smallest absolute Gasteiger partial charge is 0.307 e. The van der Waals surface area contributed by atoms with E-state index in [4.69, 9.17) is 10.8 Å². The minimum absolute atomic E-state index is 0.0363. The van der Waals surface area contributed by atoms with Gasteiger partial charge in [-0.15, -0.1) is 0 Å². The van der Waals surface area contributed by atoms with Crippen molar-refractivity contribution in [3.05, 3.63) is 48.0 Å². The van der Waals surface area contributed by atoms with E-state index < -0.39 is 5.97 Å². The Bertz CT molecular complexity index is 878. The minimum Gasteiger partial charge on any atom is -0.481 e. The van der Waals surface area contributed by atoms with E-state index in [-0.39, 0.29) is 18.7 Å². The lowest BCUT2D eigenvalue weighted by molar-refractivity contribution is -0.136. The van der Waals surface area contributed by atoms with E-state index >= 15 is 0 Å². The number of primary amides is 1. The van der Waals surface area contributed by atoms with Gasteiger partial charge in [0.15, 0.2) is 0 Å². The summed E-state index contributed by atoms with van der Waals surface area (Å²) in [5.41, 5.74) is 8.93. The van der Waals surface area contributed by atoms with E-state index in [0.29, 0.717) is 0 Å². The molecule has 0 aliphatic carbocycles. The van der Waals surface area contributed by atoms with Gasteiger partial charge in [-0.25, -0.2) is 0 Å². The molecular formula is C24H35N7O3. The maximum absolute atomic E-state index is 10.9. The molecule has 2 saturated heterocycles. The van der Waals surface area contributed by atoms with Crippen LogP contribution in [0.2, 0.25) is 0 Å². The quantitative estimate of drug-likeness (QED) is 0.616. The van der Waals surface area contributed by atoms with Crippen LogP contribution in [0, 0.1) is 0 Å². The van der Waals surface area contributed by atoms with Crippen LogP contribution in [0.5, 0.6) is 0 Å². The maximum atomic E-state index is 10.9. The van der Waals surface area contributed by atoms with Crippen molar-refractivity contribution in [1.29, 1.82) is 0 Å². The van der Waals surface area contributed by atoms with E-state index in [1.807, 2.05) is 18.3 Å². The van der Waals surface area contributed by atoms with E-state index in [9.17, 15) is 9.59 Å². The van der Waals surface area contributed by atoms with Crippen molar-refractivity contribution < 1.29 is 14.7 Å². The first-order chi connectivity index (χ1) is 16.3. The summed E-state index contributed by atoms with van der Waals surface area (Å²) in [6.07, 6.45) is 7.26. The third-order valence-electron chi connectivity index (χ3n) is 6.03. The Morgan fingerprint density at radius 2 is 1.18 bits per heavy atom. The summed E-state index contributed by atoms with van der Waals surface area (Å²) in [7, 11) is 4.23. The first kappa shape index (κ1) is 25.4. The number of carboxylic acids is 1. The number of nitrogens with two attached hydrogens (primary N) is 1. The number of aliphatic carboxylic acids is 1. The van der Waals surface area contributed by atoms with Gasteiger partial charge in [0.25, 0.3) is 0 Å². The second-order valence-electron chi connectivity index (χ2n) is 8.90. The zero-order valence-corrected chi connectivity index (χ0v) is 20.1. The highest BCUT2D eigenvalue weighted by molar-refractivity contribution is 5.76. The van der Waals surface area contributed by atoms with Crippen molar-refractivity contribution in [2.45, 2.75) is 12.8 Å². The summed E-state index contributed by atoms with van der Waals surface area (Å²) < 4.78 is 0. The molecule has 2 aliphatic heterocycles. The van der Waals surface area contributed by atoms with Crippen molar-refractivity contribution in [2.24, 2.45) is 5.73 Å². The molecule has 0 saturated carbocycles. The Morgan fingerprint density at radius 3 is 1.56 bits per heavy atom. The van der Waals surface area contributed by atoms with Crippen LogP contribution in [-0.2, 0) is 22.4 Å². The number of amides is 1. The molecule has 2 aromatic heterocycles. The number of aromatic nitrogens is 2. The number of nitrogens with zero attached hydrogens (tertiary/aromatic N) is 6. The number of likely N-dealkylation sites (N-methyl/N-ethyl adjacent to an activating group) is 2. The zero-order valence-electron chi connectivity index (χ0n) is 20.1. The average Bonchev–Trinajstić information content (AvgIpc) is 2.80. The first-order valence-electron chi connectivity index (χ1n) is 11.5. The molecule has 2 aliphatic rings. The summed E-state index contributed by atoms with van der Waals surface area (Å²) in [5, 5.41) is 8.75. The number of hydrogen-bond donors (Lipinski definition) is 2. The molecular weight excluding hydrogens is 434 g/mol. The third kappa shape index (κ3) is 7.96. The monoisotopic (exact) mass is 469 g/mol. The molecule has 0 spiro atoms. The Hall–Kier alpha value is -3.24. The van der Waals surface area contributed by atoms with Crippen LogP contribution in [0.1, 0.15) is 11.1 Å².